The predicted octanol–water partition coefficient (Wildman–Crippen LogP) is 4.70. The van der Waals surface area contributed by atoms with Crippen molar-refractivity contribution in [2.24, 2.45) is 16.8 Å². The van der Waals surface area contributed by atoms with Gasteiger partial charge in [-0.25, -0.2) is 19.8 Å². The van der Waals surface area contributed by atoms with Gasteiger partial charge in [0, 0.05) is 25.2 Å². The Morgan fingerprint density at radius 2 is 1.97 bits per heavy atom. The summed E-state index contributed by atoms with van der Waals surface area (Å²) in [5, 5.41) is 23.0. The number of rotatable bonds is 14. The summed E-state index contributed by atoms with van der Waals surface area (Å²) in [6.45, 7) is 16.4. The van der Waals surface area contributed by atoms with Gasteiger partial charge in [0.15, 0.2) is 23.3 Å². The SMILES string of the molecule is C=Nc1nc(C(=N)NC(=O)O)nc(N[C@H](C)C2CCC2)c1N(CN1CCOCC1)C(C)CCC[C@@H](C)CC. The van der Waals surface area contributed by atoms with Crippen LogP contribution in [0.15, 0.2) is 4.99 Å². The van der Waals surface area contributed by atoms with Crippen LogP contribution in [0.2, 0.25) is 0 Å². The minimum Gasteiger partial charge on any atom is -0.465 e. The van der Waals surface area contributed by atoms with Crippen molar-refractivity contribution in [3.8, 4) is 0 Å². The van der Waals surface area contributed by atoms with Crippen LogP contribution in [0, 0.1) is 17.2 Å². The van der Waals surface area contributed by atoms with E-state index in [1.54, 1.807) is 0 Å². The Morgan fingerprint density at radius 1 is 1.26 bits per heavy atom. The number of amides is 1. The smallest absolute Gasteiger partial charge is 0.410 e. The molecule has 1 saturated heterocycles. The maximum Gasteiger partial charge on any atom is 0.410 e. The normalized spacial score (nSPS) is 18.6. The molecule has 212 valence electrons. The lowest BCUT2D eigenvalue weighted by Crippen LogP contribution is -2.47. The topological polar surface area (TPSA) is 139 Å². The third kappa shape index (κ3) is 8.10. The van der Waals surface area contributed by atoms with Crippen LogP contribution >= 0.6 is 0 Å². The third-order valence-corrected chi connectivity index (χ3v) is 7.98. The van der Waals surface area contributed by atoms with Crippen molar-refractivity contribution in [1.29, 1.82) is 5.41 Å². The second kappa shape index (κ2) is 14.4. The number of anilines is 2. The lowest BCUT2D eigenvalue weighted by Gasteiger charge is -2.39. The Hall–Kier alpha value is -2.79. The van der Waals surface area contributed by atoms with Gasteiger partial charge in [0.25, 0.3) is 0 Å². The van der Waals surface area contributed by atoms with Gasteiger partial charge in [-0.05, 0) is 51.7 Å². The van der Waals surface area contributed by atoms with Crippen LogP contribution < -0.4 is 15.5 Å². The third-order valence-electron chi connectivity index (χ3n) is 7.98. The van der Waals surface area contributed by atoms with Crippen molar-refractivity contribution in [2.75, 3.05) is 43.2 Å². The van der Waals surface area contributed by atoms with Gasteiger partial charge in [0.05, 0.1) is 19.9 Å². The largest absolute Gasteiger partial charge is 0.465 e. The van der Waals surface area contributed by atoms with Gasteiger partial charge in [-0.2, -0.15) is 0 Å². The molecule has 1 saturated carbocycles. The minimum atomic E-state index is -1.34. The van der Waals surface area contributed by atoms with Crippen molar-refractivity contribution in [2.45, 2.75) is 84.7 Å². The van der Waals surface area contributed by atoms with E-state index in [9.17, 15) is 4.79 Å². The molecule has 0 aromatic carbocycles. The van der Waals surface area contributed by atoms with Crippen LogP contribution in [0.4, 0.5) is 22.1 Å². The summed E-state index contributed by atoms with van der Waals surface area (Å²) in [5.41, 5.74) is 0.751. The molecule has 1 aromatic heterocycles. The zero-order valence-corrected chi connectivity index (χ0v) is 23.5. The first-order chi connectivity index (χ1) is 18.2. The molecule has 4 N–H and O–H groups in total. The summed E-state index contributed by atoms with van der Waals surface area (Å²) >= 11 is 0. The van der Waals surface area contributed by atoms with Gasteiger partial charge in [-0.1, -0.05) is 39.5 Å². The number of hydrogen-bond acceptors (Lipinski definition) is 9. The summed E-state index contributed by atoms with van der Waals surface area (Å²) in [4.78, 5) is 29.3. The zero-order chi connectivity index (χ0) is 27.7. The first-order valence-corrected chi connectivity index (χ1v) is 14.0. The summed E-state index contributed by atoms with van der Waals surface area (Å²) in [6.07, 6.45) is 6.67. The molecule has 1 aromatic rings. The summed E-state index contributed by atoms with van der Waals surface area (Å²) < 4.78 is 5.59. The van der Waals surface area contributed by atoms with Gasteiger partial charge < -0.3 is 20.1 Å². The van der Waals surface area contributed by atoms with E-state index < -0.39 is 11.9 Å². The van der Waals surface area contributed by atoms with Crippen LogP contribution in [0.5, 0.6) is 0 Å². The van der Waals surface area contributed by atoms with Crippen molar-refractivity contribution in [1.82, 2.24) is 20.2 Å². The number of aliphatic imine (C=N–C) groups is 1. The minimum absolute atomic E-state index is 0.0300. The highest BCUT2D eigenvalue weighted by atomic mass is 16.5. The number of ether oxygens (including phenoxy) is 1. The Morgan fingerprint density at radius 3 is 2.55 bits per heavy atom. The number of hydrogen-bond donors (Lipinski definition) is 4. The quantitative estimate of drug-likeness (QED) is 0.200. The maximum atomic E-state index is 11.2. The van der Waals surface area contributed by atoms with Crippen molar-refractivity contribution in [3.63, 3.8) is 0 Å². The van der Waals surface area contributed by atoms with Gasteiger partial charge >= 0.3 is 6.09 Å². The summed E-state index contributed by atoms with van der Waals surface area (Å²) in [7, 11) is 0. The number of morpholine rings is 1. The Bertz CT molecular complexity index is 948. The summed E-state index contributed by atoms with van der Waals surface area (Å²) in [5.74, 6) is 1.72. The number of nitrogens with zero attached hydrogens (tertiary/aromatic N) is 5. The lowest BCUT2D eigenvalue weighted by molar-refractivity contribution is 0.0370. The molecule has 1 unspecified atom stereocenters. The van der Waals surface area contributed by atoms with Crippen molar-refractivity contribution in [3.05, 3.63) is 5.82 Å². The number of aromatic nitrogens is 2. The van der Waals surface area contributed by atoms with E-state index in [-0.39, 0.29) is 17.9 Å². The number of carbonyl (C=O) groups is 1. The second-order valence-electron chi connectivity index (χ2n) is 10.8. The van der Waals surface area contributed by atoms with E-state index in [1.807, 2.05) is 0 Å². The van der Waals surface area contributed by atoms with Gasteiger partial charge in [0.1, 0.15) is 5.69 Å². The van der Waals surface area contributed by atoms with E-state index >= 15 is 0 Å². The highest BCUT2D eigenvalue weighted by molar-refractivity contribution is 6.02. The van der Waals surface area contributed by atoms with E-state index in [0.717, 1.165) is 44.5 Å². The highest BCUT2D eigenvalue weighted by Gasteiger charge is 2.30. The molecule has 0 bridgehead atoms. The Kier molecular flexibility index (Phi) is 11.3. The van der Waals surface area contributed by atoms with Crippen molar-refractivity contribution < 1.29 is 14.6 Å². The molecule has 38 heavy (non-hydrogen) atoms. The van der Waals surface area contributed by atoms with Crippen LogP contribution in [0.1, 0.15) is 78.5 Å². The molecule has 1 amide bonds. The van der Waals surface area contributed by atoms with Crippen molar-refractivity contribution >= 4 is 36.0 Å². The average molecular weight is 531 g/mol. The van der Waals surface area contributed by atoms with E-state index in [4.69, 9.17) is 15.3 Å². The van der Waals surface area contributed by atoms with E-state index in [1.165, 1.54) is 19.3 Å². The summed E-state index contributed by atoms with van der Waals surface area (Å²) in [6, 6.07) is 0.337. The maximum absolute atomic E-state index is 11.2. The molecule has 11 nitrogen and oxygen atoms in total. The second-order valence-corrected chi connectivity index (χ2v) is 10.8. The number of amidine groups is 1. The fourth-order valence-electron chi connectivity index (χ4n) is 4.98. The van der Waals surface area contributed by atoms with Gasteiger partial charge in [-0.3, -0.25) is 15.6 Å². The molecule has 1 aliphatic carbocycles. The molecule has 1 aliphatic heterocycles. The first kappa shape index (κ1) is 29.8. The van der Waals surface area contributed by atoms with Crippen LogP contribution in [0.25, 0.3) is 0 Å². The van der Waals surface area contributed by atoms with Crippen LogP contribution in [-0.2, 0) is 4.74 Å². The molecule has 2 heterocycles. The lowest BCUT2D eigenvalue weighted by atomic mass is 9.80. The molecule has 3 atom stereocenters. The Labute approximate surface area is 227 Å². The molecule has 0 radical (unpaired) electrons. The molecule has 11 heteroatoms. The fraction of sp³-hybridized carbons (Fsp3) is 0.741. The highest BCUT2D eigenvalue weighted by Crippen LogP contribution is 2.38. The number of carboxylic acid groups (broad SMARTS) is 1. The van der Waals surface area contributed by atoms with Gasteiger partial charge in [-0.15, -0.1) is 0 Å². The monoisotopic (exact) mass is 530 g/mol. The van der Waals surface area contributed by atoms with Crippen LogP contribution in [0.3, 0.4) is 0 Å². The molecule has 0 spiro atoms. The fourth-order valence-corrected chi connectivity index (χ4v) is 4.98. The molecule has 2 fully saturated rings. The predicted molar refractivity (Wildman–Crippen MR) is 152 cm³/mol. The van der Waals surface area contributed by atoms with E-state index in [2.05, 4.69) is 69.8 Å². The molecular formula is C27H46N8O3. The molecular weight excluding hydrogens is 484 g/mol. The zero-order valence-electron chi connectivity index (χ0n) is 23.5. The standard InChI is InChI=1S/C27H46N8O3/c1-6-18(2)9-7-10-19(3)35(17-34-13-15-38-16-14-34)22-24(29-5)32-26(23(28)31-27(36)37)33-25(22)30-20(4)21-11-8-12-21/h18-21H,5-17H2,1-4H3,(H2,28,31)(H,36,37)(H,30,32,33)/t18-,19?,20+/m0/s1. The first-order valence-electron chi connectivity index (χ1n) is 14.0. The van der Waals surface area contributed by atoms with E-state index in [0.29, 0.717) is 43.4 Å². The Balaban J connectivity index is 2.01. The number of nitrogens with one attached hydrogen (secondary N) is 3. The van der Waals surface area contributed by atoms with Crippen LogP contribution in [-0.4, -0.2) is 83.7 Å². The molecule has 3 rings (SSSR count). The average Bonchev–Trinajstić information content (AvgIpc) is 2.85. The molecule has 2 aliphatic rings. The van der Waals surface area contributed by atoms with Gasteiger partial charge in [0.2, 0.25) is 0 Å².